The monoisotopic (exact) mass is 357 g/mol. The maximum Gasteiger partial charge on any atom is 0.246 e. The van der Waals surface area contributed by atoms with Crippen LogP contribution in [-0.2, 0) is 16.1 Å². The molecular formula is C19H20FN3O3. The highest BCUT2D eigenvalue weighted by Crippen LogP contribution is 2.29. The normalized spacial score (nSPS) is 22.9. The fourth-order valence-corrected chi connectivity index (χ4v) is 3.74. The Morgan fingerprint density at radius 3 is 2.88 bits per heavy atom. The highest BCUT2D eigenvalue weighted by molar-refractivity contribution is 5.97. The lowest BCUT2D eigenvalue weighted by Crippen LogP contribution is -2.61. The maximum absolute atomic E-state index is 13.4. The van der Waals surface area contributed by atoms with Gasteiger partial charge in [0.05, 0.1) is 6.54 Å². The van der Waals surface area contributed by atoms with Crippen LogP contribution in [0.15, 0.2) is 28.7 Å². The summed E-state index contributed by atoms with van der Waals surface area (Å²) in [5, 5.41) is 0. The lowest BCUT2D eigenvalue weighted by atomic mass is 10.1. The zero-order valence-corrected chi connectivity index (χ0v) is 14.7. The largest absolute Gasteiger partial charge is 0.441 e. The van der Waals surface area contributed by atoms with Crippen LogP contribution in [0.25, 0.3) is 11.5 Å². The molecule has 2 saturated heterocycles. The van der Waals surface area contributed by atoms with Crippen molar-refractivity contribution < 1.29 is 18.4 Å². The molecular weight excluding hydrogens is 337 g/mol. The van der Waals surface area contributed by atoms with Crippen LogP contribution in [-0.4, -0.2) is 45.2 Å². The van der Waals surface area contributed by atoms with Crippen molar-refractivity contribution in [2.45, 2.75) is 45.3 Å². The molecule has 7 heteroatoms. The van der Waals surface area contributed by atoms with Crippen molar-refractivity contribution in [1.29, 1.82) is 0 Å². The second-order valence-electron chi connectivity index (χ2n) is 6.86. The molecule has 1 aromatic carbocycles. The Morgan fingerprint density at radius 1 is 1.31 bits per heavy atom. The van der Waals surface area contributed by atoms with Gasteiger partial charge >= 0.3 is 0 Å². The summed E-state index contributed by atoms with van der Waals surface area (Å²) in [5.41, 5.74) is 1.12. The first-order valence-corrected chi connectivity index (χ1v) is 8.79. The minimum absolute atomic E-state index is 0.0152. The molecule has 4 rings (SSSR count). The molecule has 0 N–H and O–H groups in total. The molecule has 0 unspecified atom stereocenters. The van der Waals surface area contributed by atoms with E-state index in [1.807, 2.05) is 0 Å². The molecule has 0 radical (unpaired) electrons. The summed E-state index contributed by atoms with van der Waals surface area (Å²) in [7, 11) is 0. The van der Waals surface area contributed by atoms with Crippen LogP contribution in [0.1, 0.15) is 31.2 Å². The number of rotatable bonds is 3. The summed E-state index contributed by atoms with van der Waals surface area (Å²) in [6.07, 6.45) is 1.57. The van der Waals surface area contributed by atoms with Crippen molar-refractivity contribution in [3.63, 3.8) is 0 Å². The van der Waals surface area contributed by atoms with Gasteiger partial charge in [-0.2, -0.15) is 0 Å². The summed E-state index contributed by atoms with van der Waals surface area (Å²) < 4.78 is 19.1. The van der Waals surface area contributed by atoms with Crippen LogP contribution in [0.5, 0.6) is 0 Å². The smallest absolute Gasteiger partial charge is 0.246 e. The van der Waals surface area contributed by atoms with E-state index in [0.717, 1.165) is 6.42 Å². The topological polar surface area (TPSA) is 66.7 Å². The SMILES string of the molecule is Cc1oc(-c2cccc(F)c2)nc1CN1C(=O)[C@@H]2CCCN2C(=O)[C@@H]1C. The molecule has 3 heterocycles. The second-order valence-corrected chi connectivity index (χ2v) is 6.86. The van der Waals surface area contributed by atoms with Crippen LogP contribution < -0.4 is 0 Å². The van der Waals surface area contributed by atoms with Gasteiger partial charge < -0.3 is 14.2 Å². The number of aryl methyl sites for hydroxylation is 1. The average Bonchev–Trinajstić information content (AvgIpc) is 3.24. The standard InChI is InChI=1S/C19H20FN3O3/c1-11-18(24)22-8-4-7-16(22)19(25)23(11)10-15-12(2)26-17(21-15)13-5-3-6-14(20)9-13/h3,5-6,9,11,16H,4,7-8,10H2,1-2H3/t11-,16-/m0/s1. The van der Waals surface area contributed by atoms with Gasteiger partial charge in [0, 0.05) is 12.1 Å². The van der Waals surface area contributed by atoms with E-state index in [1.54, 1.807) is 35.8 Å². The first-order chi connectivity index (χ1) is 12.5. The third-order valence-electron chi connectivity index (χ3n) is 5.21. The van der Waals surface area contributed by atoms with Crippen LogP contribution in [0, 0.1) is 12.7 Å². The molecule has 6 nitrogen and oxygen atoms in total. The van der Waals surface area contributed by atoms with E-state index in [0.29, 0.717) is 35.9 Å². The van der Waals surface area contributed by atoms with Crippen LogP contribution >= 0.6 is 0 Å². The number of piperazine rings is 1. The van der Waals surface area contributed by atoms with Gasteiger partial charge in [-0.15, -0.1) is 0 Å². The van der Waals surface area contributed by atoms with Crippen molar-refractivity contribution in [1.82, 2.24) is 14.8 Å². The van der Waals surface area contributed by atoms with Crippen LogP contribution in [0.3, 0.4) is 0 Å². The van der Waals surface area contributed by atoms with E-state index >= 15 is 0 Å². The van der Waals surface area contributed by atoms with E-state index in [2.05, 4.69) is 4.98 Å². The van der Waals surface area contributed by atoms with Crippen molar-refractivity contribution in [2.75, 3.05) is 6.54 Å². The minimum atomic E-state index is -0.523. The van der Waals surface area contributed by atoms with Crippen molar-refractivity contribution in [3.05, 3.63) is 41.5 Å². The Balaban J connectivity index is 1.61. The quantitative estimate of drug-likeness (QED) is 0.847. The van der Waals surface area contributed by atoms with E-state index < -0.39 is 6.04 Å². The van der Waals surface area contributed by atoms with E-state index in [-0.39, 0.29) is 30.2 Å². The van der Waals surface area contributed by atoms with Gasteiger partial charge in [0.1, 0.15) is 29.4 Å². The zero-order valence-electron chi connectivity index (χ0n) is 14.7. The Labute approximate surface area is 150 Å². The molecule has 0 bridgehead atoms. The third-order valence-corrected chi connectivity index (χ3v) is 5.21. The fraction of sp³-hybridized carbons (Fsp3) is 0.421. The van der Waals surface area contributed by atoms with Crippen LogP contribution in [0.4, 0.5) is 4.39 Å². The molecule has 2 aliphatic rings. The zero-order chi connectivity index (χ0) is 18.4. The molecule has 26 heavy (non-hydrogen) atoms. The van der Waals surface area contributed by atoms with E-state index in [4.69, 9.17) is 4.42 Å². The number of aromatic nitrogens is 1. The van der Waals surface area contributed by atoms with Gasteiger partial charge in [0.2, 0.25) is 17.7 Å². The molecule has 0 spiro atoms. The Bertz CT molecular complexity index is 879. The van der Waals surface area contributed by atoms with E-state index in [1.165, 1.54) is 12.1 Å². The first-order valence-electron chi connectivity index (χ1n) is 8.79. The molecule has 136 valence electrons. The molecule has 2 aromatic rings. The number of oxazole rings is 1. The van der Waals surface area contributed by atoms with Gasteiger partial charge in [-0.1, -0.05) is 6.07 Å². The number of fused-ring (bicyclic) bond motifs is 1. The van der Waals surface area contributed by atoms with Crippen molar-refractivity contribution >= 4 is 11.8 Å². The molecule has 2 fully saturated rings. The van der Waals surface area contributed by atoms with Gasteiger partial charge in [-0.05, 0) is 44.9 Å². The van der Waals surface area contributed by atoms with Gasteiger partial charge in [0.15, 0.2) is 0 Å². The Morgan fingerprint density at radius 2 is 2.12 bits per heavy atom. The molecule has 0 aliphatic carbocycles. The number of nitrogens with zero attached hydrogens (tertiary/aromatic N) is 3. The molecule has 0 saturated carbocycles. The summed E-state index contributed by atoms with van der Waals surface area (Å²) >= 11 is 0. The van der Waals surface area contributed by atoms with Crippen molar-refractivity contribution in [2.24, 2.45) is 0 Å². The summed E-state index contributed by atoms with van der Waals surface area (Å²) in [5.74, 6) is 0.447. The number of halogens is 1. The summed E-state index contributed by atoms with van der Waals surface area (Å²) in [6, 6.07) is 5.14. The summed E-state index contributed by atoms with van der Waals surface area (Å²) in [4.78, 5) is 33.1. The fourth-order valence-electron chi connectivity index (χ4n) is 3.74. The van der Waals surface area contributed by atoms with Gasteiger partial charge in [-0.3, -0.25) is 9.59 Å². The van der Waals surface area contributed by atoms with Gasteiger partial charge in [-0.25, -0.2) is 9.37 Å². The second kappa shape index (κ2) is 6.23. The minimum Gasteiger partial charge on any atom is -0.441 e. The highest BCUT2D eigenvalue weighted by atomic mass is 19.1. The number of carbonyl (C=O) groups is 2. The van der Waals surface area contributed by atoms with Crippen molar-refractivity contribution in [3.8, 4) is 11.5 Å². The lowest BCUT2D eigenvalue weighted by Gasteiger charge is -2.40. The molecule has 1 aromatic heterocycles. The number of amides is 2. The Hall–Kier alpha value is -2.70. The lowest BCUT2D eigenvalue weighted by molar-refractivity contribution is -0.159. The number of benzene rings is 1. The maximum atomic E-state index is 13.4. The number of carbonyl (C=O) groups excluding carboxylic acids is 2. The predicted molar refractivity (Wildman–Crippen MR) is 91.4 cm³/mol. The van der Waals surface area contributed by atoms with E-state index in [9.17, 15) is 14.0 Å². The summed E-state index contributed by atoms with van der Waals surface area (Å²) in [6.45, 7) is 4.37. The molecule has 2 amide bonds. The third kappa shape index (κ3) is 2.67. The number of hydrogen-bond donors (Lipinski definition) is 0. The Kier molecular flexibility index (Phi) is 4.01. The highest BCUT2D eigenvalue weighted by Gasteiger charge is 2.46. The number of hydrogen-bond acceptors (Lipinski definition) is 4. The van der Waals surface area contributed by atoms with Crippen LogP contribution in [0.2, 0.25) is 0 Å². The van der Waals surface area contributed by atoms with Gasteiger partial charge in [0.25, 0.3) is 0 Å². The molecule has 2 atom stereocenters. The average molecular weight is 357 g/mol. The molecule has 2 aliphatic heterocycles. The predicted octanol–water partition coefficient (Wildman–Crippen LogP) is 2.51. The first kappa shape index (κ1) is 16.8.